The molecular weight excluding hydrogens is 190 g/mol. The third-order valence-corrected chi connectivity index (χ3v) is 1.71. The number of nitrogens with zero attached hydrogens (tertiary/aromatic N) is 1. The highest BCUT2D eigenvalue weighted by Gasteiger charge is 2.09. The quantitative estimate of drug-likeness (QED) is 0.740. The number of nitrogen functional groups attached to an aromatic ring is 1. The van der Waals surface area contributed by atoms with Gasteiger partial charge in [-0.2, -0.15) is 14.0 Å². The maximum atomic E-state index is 11.9. The molecule has 0 bridgehead atoms. The maximum Gasteiger partial charge on any atom is 0.387 e. The Hall–Kier alpha value is -1.83. The van der Waals surface area contributed by atoms with Gasteiger partial charge in [-0.3, -0.25) is 0 Å². The molecule has 5 heteroatoms. The van der Waals surface area contributed by atoms with Crippen LogP contribution in [0.25, 0.3) is 0 Å². The minimum atomic E-state index is -2.90. The van der Waals surface area contributed by atoms with E-state index in [1.54, 1.807) is 13.0 Å². The molecule has 0 aliphatic heterocycles. The average molecular weight is 198 g/mol. The van der Waals surface area contributed by atoms with Crippen LogP contribution < -0.4 is 10.5 Å². The van der Waals surface area contributed by atoms with Gasteiger partial charge in [0.1, 0.15) is 11.8 Å². The predicted octanol–water partition coefficient (Wildman–Crippen LogP) is 2.05. The van der Waals surface area contributed by atoms with Crippen LogP contribution in [0, 0.1) is 18.3 Å². The van der Waals surface area contributed by atoms with Crippen molar-refractivity contribution in [2.75, 3.05) is 5.73 Å². The van der Waals surface area contributed by atoms with Crippen LogP contribution in [0.4, 0.5) is 14.5 Å². The van der Waals surface area contributed by atoms with Gasteiger partial charge in [0.15, 0.2) is 0 Å². The Morgan fingerprint density at radius 2 is 2.14 bits per heavy atom. The SMILES string of the molecule is Cc1cc(OC(F)F)cc(C#N)c1N. The molecule has 3 nitrogen and oxygen atoms in total. The lowest BCUT2D eigenvalue weighted by molar-refractivity contribution is -0.0498. The van der Waals surface area contributed by atoms with Crippen molar-refractivity contribution in [2.45, 2.75) is 13.5 Å². The van der Waals surface area contributed by atoms with E-state index in [2.05, 4.69) is 4.74 Å². The molecule has 0 heterocycles. The summed E-state index contributed by atoms with van der Waals surface area (Å²) < 4.78 is 27.9. The Kier molecular flexibility index (Phi) is 2.87. The number of hydrogen-bond donors (Lipinski definition) is 1. The summed E-state index contributed by atoms with van der Waals surface area (Å²) in [5.74, 6) is -0.0525. The highest BCUT2D eigenvalue weighted by Crippen LogP contribution is 2.24. The molecule has 0 aliphatic carbocycles. The number of aryl methyl sites for hydroxylation is 1. The topological polar surface area (TPSA) is 59.0 Å². The first-order chi connectivity index (χ1) is 6.54. The maximum absolute atomic E-state index is 11.9. The van der Waals surface area contributed by atoms with Gasteiger partial charge in [-0.15, -0.1) is 0 Å². The molecule has 0 saturated heterocycles. The zero-order chi connectivity index (χ0) is 10.7. The molecule has 0 aromatic heterocycles. The number of halogens is 2. The average Bonchev–Trinajstić information content (AvgIpc) is 2.10. The second-order valence-electron chi connectivity index (χ2n) is 2.69. The lowest BCUT2D eigenvalue weighted by Gasteiger charge is -2.08. The van der Waals surface area contributed by atoms with Gasteiger partial charge >= 0.3 is 6.61 Å². The van der Waals surface area contributed by atoms with Gasteiger partial charge in [0.2, 0.25) is 0 Å². The molecule has 0 amide bonds. The number of nitriles is 1. The highest BCUT2D eigenvalue weighted by atomic mass is 19.3. The highest BCUT2D eigenvalue weighted by molar-refractivity contribution is 5.61. The fourth-order valence-electron chi connectivity index (χ4n) is 1.03. The molecular formula is C9H8F2N2O. The summed E-state index contributed by atoms with van der Waals surface area (Å²) in [6.45, 7) is -1.28. The number of hydrogen-bond acceptors (Lipinski definition) is 3. The first-order valence-electron chi connectivity index (χ1n) is 3.79. The molecule has 0 radical (unpaired) electrons. The van der Waals surface area contributed by atoms with Crippen LogP contribution in [0.3, 0.4) is 0 Å². The smallest absolute Gasteiger partial charge is 0.387 e. The van der Waals surface area contributed by atoms with Crippen LogP contribution in [0.15, 0.2) is 12.1 Å². The molecule has 0 atom stereocenters. The van der Waals surface area contributed by atoms with Crippen LogP contribution >= 0.6 is 0 Å². The van der Waals surface area contributed by atoms with E-state index in [-0.39, 0.29) is 17.0 Å². The first kappa shape index (κ1) is 10.3. The van der Waals surface area contributed by atoms with Crippen molar-refractivity contribution in [1.82, 2.24) is 0 Å². The van der Waals surface area contributed by atoms with Crippen LogP contribution in [0.5, 0.6) is 5.75 Å². The largest absolute Gasteiger partial charge is 0.435 e. The van der Waals surface area contributed by atoms with E-state index in [1.165, 1.54) is 12.1 Å². The number of ether oxygens (including phenoxy) is 1. The minimum absolute atomic E-state index is 0.0525. The summed E-state index contributed by atoms with van der Waals surface area (Å²) in [4.78, 5) is 0. The minimum Gasteiger partial charge on any atom is -0.435 e. The molecule has 0 unspecified atom stereocenters. The Bertz CT molecular complexity index is 385. The lowest BCUT2D eigenvalue weighted by atomic mass is 10.1. The van der Waals surface area contributed by atoms with E-state index >= 15 is 0 Å². The molecule has 14 heavy (non-hydrogen) atoms. The number of anilines is 1. The van der Waals surface area contributed by atoms with Crippen molar-refractivity contribution in [3.63, 3.8) is 0 Å². The third-order valence-electron chi connectivity index (χ3n) is 1.71. The van der Waals surface area contributed by atoms with E-state index in [0.29, 0.717) is 5.56 Å². The molecule has 1 rings (SSSR count). The van der Waals surface area contributed by atoms with Crippen molar-refractivity contribution in [1.29, 1.82) is 5.26 Å². The summed E-state index contributed by atoms with van der Waals surface area (Å²) in [7, 11) is 0. The van der Waals surface area contributed by atoms with Crippen molar-refractivity contribution in [3.05, 3.63) is 23.3 Å². The van der Waals surface area contributed by atoms with Crippen molar-refractivity contribution in [2.24, 2.45) is 0 Å². The second kappa shape index (κ2) is 3.92. The Labute approximate surface area is 79.7 Å². The second-order valence-corrected chi connectivity index (χ2v) is 2.69. The summed E-state index contributed by atoms with van der Waals surface area (Å²) in [5, 5.41) is 8.63. The van der Waals surface area contributed by atoms with Gasteiger partial charge in [-0.1, -0.05) is 0 Å². The van der Waals surface area contributed by atoms with Crippen LogP contribution in [0.2, 0.25) is 0 Å². The number of rotatable bonds is 2. The molecule has 2 N–H and O–H groups in total. The normalized spacial score (nSPS) is 9.93. The zero-order valence-electron chi connectivity index (χ0n) is 7.42. The van der Waals surface area contributed by atoms with Crippen LogP contribution in [-0.4, -0.2) is 6.61 Å². The Morgan fingerprint density at radius 3 is 2.64 bits per heavy atom. The molecule has 0 aliphatic rings. The summed E-state index contributed by atoms with van der Waals surface area (Å²) in [6, 6.07) is 4.35. The van der Waals surface area contributed by atoms with Gasteiger partial charge in [-0.05, 0) is 18.6 Å². The number of alkyl halides is 2. The lowest BCUT2D eigenvalue weighted by Crippen LogP contribution is -2.03. The van der Waals surface area contributed by atoms with E-state index in [1.807, 2.05) is 0 Å². The molecule has 74 valence electrons. The van der Waals surface area contributed by atoms with E-state index in [0.717, 1.165) is 0 Å². The third kappa shape index (κ3) is 2.10. The van der Waals surface area contributed by atoms with Crippen molar-refractivity contribution >= 4 is 5.69 Å². The Balaban J connectivity index is 3.11. The summed E-state index contributed by atoms with van der Waals surface area (Å²) in [6.07, 6.45) is 0. The standard InChI is InChI=1S/C9H8F2N2O/c1-5-2-7(14-9(10)11)3-6(4-12)8(5)13/h2-3,9H,13H2,1H3. The monoisotopic (exact) mass is 198 g/mol. The van der Waals surface area contributed by atoms with E-state index in [9.17, 15) is 8.78 Å². The molecule has 1 aromatic carbocycles. The number of benzene rings is 1. The molecule has 0 fully saturated rings. The van der Waals surface area contributed by atoms with E-state index in [4.69, 9.17) is 11.0 Å². The van der Waals surface area contributed by atoms with Crippen molar-refractivity contribution in [3.8, 4) is 11.8 Å². The van der Waals surface area contributed by atoms with Gasteiger partial charge in [0.05, 0.1) is 11.3 Å². The fourth-order valence-corrected chi connectivity index (χ4v) is 1.03. The Morgan fingerprint density at radius 1 is 1.50 bits per heavy atom. The van der Waals surface area contributed by atoms with Gasteiger partial charge < -0.3 is 10.5 Å². The molecule has 0 saturated carbocycles. The fraction of sp³-hybridized carbons (Fsp3) is 0.222. The number of nitrogens with two attached hydrogens (primary N) is 1. The molecule has 1 aromatic rings. The summed E-state index contributed by atoms with van der Waals surface area (Å²) in [5.41, 5.74) is 6.49. The first-order valence-corrected chi connectivity index (χ1v) is 3.79. The van der Waals surface area contributed by atoms with Gasteiger partial charge in [-0.25, -0.2) is 0 Å². The molecule has 0 spiro atoms. The van der Waals surface area contributed by atoms with Gasteiger partial charge in [0.25, 0.3) is 0 Å². The predicted molar refractivity (Wildman–Crippen MR) is 46.9 cm³/mol. The summed E-state index contributed by atoms with van der Waals surface area (Å²) >= 11 is 0. The van der Waals surface area contributed by atoms with E-state index < -0.39 is 6.61 Å². The van der Waals surface area contributed by atoms with Crippen molar-refractivity contribution < 1.29 is 13.5 Å². The zero-order valence-corrected chi connectivity index (χ0v) is 7.42. The van der Waals surface area contributed by atoms with Crippen LogP contribution in [-0.2, 0) is 0 Å². The van der Waals surface area contributed by atoms with Crippen LogP contribution in [0.1, 0.15) is 11.1 Å². The van der Waals surface area contributed by atoms with Gasteiger partial charge in [0, 0.05) is 6.07 Å².